The number of rotatable bonds is 4. The molecule has 190 valence electrons. The fourth-order valence-electron chi connectivity index (χ4n) is 4.89. The van der Waals surface area contributed by atoms with Crippen LogP contribution in [0.25, 0.3) is 21.9 Å². The maximum Gasteiger partial charge on any atom is 0.246 e. The van der Waals surface area contributed by atoms with Crippen LogP contribution in [-0.4, -0.2) is 61.4 Å². The highest BCUT2D eigenvalue weighted by Gasteiger charge is 2.36. The topological polar surface area (TPSA) is 104 Å². The van der Waals surface area contributed by atoms with Gasteiger partial charge in [-0.2, -0.15) is 5.10 Å². The summed E-state index contributed by atoms with van der Waals surface area (Å²) in [5.41, 5.74) is 8.09. The number of pyridine rings is 1. The number of anilines is 1. The van der Waals surface area contributed by atoms with Crippen LogP contribution in [0, 0.1) is 24.6 Å². The number of nitrogens with two attached hydrogens (primary N) is 1. The van der Waals surface area contributed by atoms with Crippen molar-refractivity contribution in [1.29, 1.82) is 0 Å². The van der Waals surface area contributed by atoms with Crippen LogP contribution in [0.4, 0.5) is 10.2 Å². The molecule has 1 fully saturated rings. The molecule has 11 heteroatoms. The van der Waals surface area contributed by atoms with Gasteiger partial charge < -0.3 is 19.9 Å². The number of carbonyl (C=O) groups excluding carboxylic acids is 1. The predicted molar refractivity (Wildman–Crippen MR) is 140 cm³/mol. The number of imidazole rings is 1. The average molecular weight is 522 g/mol. The number of fused-ring (bicyclic) bond motifs is 2. The Kier molecular flexibility index (Phi) is 6.35. The van der Waals surface area contributed by atoms with Crippen molar-refractivity contribution in [2.45, 2.75) is 25.4 Å². The van der Waals surface area contributed by atoms with Gasteiger partial charge in [-0.1, -0.05) is 24.1 Å². The Morgan fingerprint density at radius 1 is 1.41 bits per heavy atom. The highest BCUT2D eigenvalue weighted by atomic mass is 35.5. The van der Waals surface area contributed by atoms with E-state index >= 15 is 4.39 Å². The van der Waals surface area contributed by atoms with E-state index in [1.807, 2.05) is 0 Å². The highest BCUT2D eigenvalue weighted by molar-refractivity contribution is 6.32. The molecule has 2 atom stereocenters. The molecule has 2 N–H and O–H groups in total. The first kappa shape index (κ1) is 24.7. The summed E-state index contributed by atoms with van der Waals surface area (Å²) in [6.07, 6.45) is 3.51. The van der Waals surface area contributed by atoms with Crippen LogP contribution < -0.4 is 5.73 Å². The van der Waals surface area contributed by atoms with Crippen molar-refractivity contribution in [3.05, 3.63) is 58.9 Å². The molecule has 0 saturated carbocycles. The Morgan fingerprint density at radius 2 is 2.19 bits per heavy atom. The summed E-state index contributed by atoms with van der Waals surface area (Å²) < 4.78 is 24.3. The molecule has 1 aliphatic rings. The third-order valence-corrected chi connectivity index (χ3v) is 7.10. The molecule has 3 aromatic heterocycles. The smallest absolute Gasteiger partial charge is 0.246 e. The Morgan fingerprint density at radius 3 is 2.92 bits per heavy atom. The van der Waals surface area contributed by atoms with Crippen molar-refractivity contribution < 1.29 is 13.9 Å². The molecule has 0 spiro atoms. The molecule has 4 aromatic rings. The second-order valence-electron chi connectivity index (χ2n) is 8.96. The first-order chi connectivity index (χ1) is 17.7. The van der Waals surface area contributed by atoms with E-state index in [0.29, 0.717) is 47.5 Å². The summed E-state index contributed by atoms with van der Waals surface area (Å²) in [6.45, 7) is 6.21. The number of hydrogen-bond donors (Lipinski definition) is 1. The number of aryl methyl sites for hydroxylation is 2. The molecule has 4 heterocycles. The number of halogens is 2. The number of nitrogens with zero attached hydrogens (tertiary/aromatic N) is 6. The van der Waals surface area contributed by atoms with Crippen LogP contribution in [0.1, 0.15) is 29.5 Å². The molecule has 1 saturated heterocycles. The van der Waals surface area contributed by atoms with E-state index in [4.69, 9.17) is 27.2 Å². The maximum atomic E-state index is 15.4. The second kappa shape index (κ2) is 9.50. The van der Waals surface area contributed by atoms with Crippen LogP contribution in [0.2, 0.25) is 5.02 Å². The van der Waals surface area contributed by atoms with Crippen LogP contribution >= 0.6 is 11.6 Å². The molecule has 5 rings (SSSR count). The van der Waals surface area contributed by atoms with Gasteiger partial charge in [0.2, 0.25) is 5.91 Å². The minimum atomic E-state index is -0.592. The van der Waals surface area contributed by atoms with Crippen LogP contribution in [0.5, 0.6) is 0 Å². The van der Waals surface area contributed by atoms with Crippen molar-refractivity contribution >= 4 is 45.3 Å². The van der Waals surface area contributed by atoms with E-state index in [2.05, 4.69) is 28.4 Å². The summed E-state index contributed by atoms with van der Waals surface area (Å²) in [4.78, 5) is 22.7. The number of amides is 1. The number of benzene rings is 1. The monoisotopic (exact) mass is 521 g/mol. The van der Waals surface area contributed by atoms with Crippen molar-refractivity contribution in [2.75, 3.05) is 26.0 Å². The first-order valence-corrected chi connectivity index (χ1v) is 12.0. The van der Waals surface area contributed by atoms with E-state index in [1.165, 1.54) is 6.08 Å². The molecule has 1 amide bonds. The largest absolute Gasteiger partial charge is 0.383 e. The summed E-state index contributed by atoms with van der Waals surface area (Å²) in [7, 11) is 3.39. The molecule has 0 bridgehead atoms. The van der Waals surface area contributed by atoms with E-state index in [9.17, 15) is 4.79 Å². The minimum absolute atomic E-state index is 0.0289. The SMILES string of the molecule is C=CC(=O)N1C[C@@H](n2nc(C#Cc3c(Cl)cc4c(nc(C)n4C)c3F)c3c(N)nccc32)C[C@@H]1COC. The number of hydrogen-bond acceptors (Lipinski definition) is 6. The van der Waals surface area contributed by atoms with Gasteiger partial charge in [-0.05, 0) is 37.5 Å². The van der Waals surface area contributed by atoms with Gasteiger partial charge in [0, 0.05) is 26.9 Å². The molecule has 1 aliphatic heterocycles. The van der Waals surface area contributed by atoms with Gasteiger partial charge in [0.1, 0.15) is 22.9 Å². The Bertz CT molecular complexity index is 1630. The maximum absolute atomic E-state index is 15.4. The fraction of sp³-hybridized carbons (Fsp3) is 0.308. The van der Waals surface area contributed by atoms with Gasteiger partial charge in [0.05, 0.1) is 45.7 Å². The summed E-state index contributed by atoms with van der Waals surface area (Å²) in [6, 6.07) is 3.16. The van der Waals surface area contributed by atoms with E-state index < -0.39 is 5.82 Å². The lowest BCUT2D eigenvalue weighted by atomic mass is 10.1. The first-order valence-electron chi connectivity index (χ1n) is 11.6. The van der Waals surface area contributed by atoms with Crippen molar-refractivity contribution in [1.82, 2.24) is 29.2 Å². The lowest BCUT2D eigenvalue weighted by molar-refractivity contribution is -0.127. The zero-order chi connectivity index (χ0) is 26.4. The van der Waals surface area contributed by atoms with Crippen molar-refractivity contribution in [2.24, 2.45) is 7.05 Å². The van der Waals surface area contributed by atoms with Crippen LogP contribution in [0.3, 0.4) is 0 Å². The quantitative estimate of drug-likeness (QED) is 0.326. The number of methoxy groups -OCH3 is 1. The van der Waals surface area contributed by atoms with Gasteiger partial charge in [-0.15, -0.1) is 0 Å². The third kappa shape index (κ3) is 4.10. The Balaban J connectivity index is 1.60. The van der Waals surface area contributed by atoms with Crippen LogP contribution in [0.15, 0.2) is 31.0 Å². The predicted octanol–water partition coefficient (Wildman–Crippen LogP) is 3.38. The number of carbonyl (C=O) groups is 1. The lowest BCUT2D eigenvalue weighted by Gasteiger charge is -2.22. The molecular weight excluding hydrogens is 497 g/mol. The Labute approximate surface area is 217 Å². The van der Waals surface area contributed by atoms with Gasteiger partial charge in [-0.25, -0.2) is 14.4 Å². The normalized spacial score (nSPS) is 17.4. The van der Waals surface area contributed by atoms with E-state index in [1.54, 1.807) is 53.6 Å². The fourth-order valence-corrected chi connectivity index (χ4v) is 5.12. The molecular formula is C26H25ClFN7O2. The van der Waals surface area contributed by atoms with Gasteiger partial charge in [0.15, 0.2) is 5.82 Å². The summed E-state index contributed by atoms with van der Waals surface area (Å²) in [5.74, 6) is 5.94. The lowest BCUT2D eigenvalue weighted by Crippen LogP contribution is -2.37. The molecule has 0 radical (unpaired) electrons. The molecule has 37 heavy (non-hydrogen) atoms. The molecule has 0 aliphatic carbocycles. The Hall–Kier alpha value is -3.94. The molecule has 9 nitrogen and oxygen atoms in total. The van der Waals surface area contributed by atoms with Gasteiger partial charge in [-0.3, -0.25) is 9.48 Å². The van der Waals surface area contributed by atoms with Crippen molar-refractivity contribution in [3.8, 4) is 11.8 Å². The number of ether oxygens (including phenoxy) is 1. The highest BCUT2D eigenvalue weighted by Crippen LogP contribution is 2.33. The zero-order valence-electron chi connectivity index (χ0n) is 20.6. The second-order valence-corrected chi connectivity index (χ2v) is 9.37. The average Bonchev–Trinajstić information content (AvgIpc) is 3.54. The summed E-state index contributed by atoms with van der Waals surface area (Å²) >= 11 is 6.42. The van der Waals surface area contributed by atoms with Crippen molar-refractivity contribution in [3.63, 3.8) is 0 Å². The standard InChI is InChI=1S/C26H25ClFN7O2/c1-5-22(36)34-12-15(10-16(34)13-37-4)35-20-8-9-30-26(29)23(20)19(32-35)7-6-17-18(27)11-21-25(24(17)28)31-14(2)33(21)3/h5,8-9,11,15-16H,1,10,12-13H2,2-4H3,(H2,29,30)/t15-,16+/m0/s1. The van der Waals surface area contributed by atoms with E-state index in [0.717, 1.165) is 0 Å². The number of aromatic nitrogens is 5. The summed E-state index contributed by atoms with van der Waals surface area (Å²) in [5, 5.41) is 5.46. The third-order valence-electron chi connectivity index (χ3n) is 6.80. The molecule has 1 aromatic carbocycles. The number of nitrogen functional groups attached to an aromatic ring is 1. The van der Waals surface area contributed by atoms with E-state index in [-0.39, 0.29) is 39.9 Å². The minimum Gasteiger partial charge on any atom is -0.383 e. The van der Waals surface area contributed by atoms with Crippen LogP contribution in [-0.2, 0) is 16.6 Å². The number of likely N-dealkylation sites (tertiary alicyclic amines) is 1. The zero-order valence-corrected chi connectivity index (χ0v) is 21.4. The molecule has 0 unspecified atom stereocenters. The van der Waals surface area contributed by atoms with Gasteiger partial charge >= 0.3 is 0 Å². The van der Waals surface area contributed by atoms with Gasteiger partial charge in [0.25, 0.3) is 0 Å².